The van der Waals surface area contributed by atoms with Crippen LogP contribution in [0.4, 0.5) is 5.69 Å². The van der Waals surface area contributed by atoms with Gasteiger partial charge in [0.1, 0.15) is 11.5 Å². The molecule has 3 N–H and O–H groups in total. The van der Waals surface area contributed by atoms with Crippen LogP contribution in [-0.4, -0.2) is 27.6 Å². The second-order valence-corrected chi connectivity index (χ2v) is 6.24. The van der Waals surface area contributed by atoms with Crippen molar-refractivity contribution < 1.29 is 15.0 Å². The number of rotatable bonds is 3. The van der Waals surface area contributed by atoms with Crippen LogP contribution in [-0.2, 0) is 13.1 Å². The summed E-state index contributed by atoms with van der Waals surface area (Å²) >= 11 is 6.02. The van der Waals surface area contributed by atoms with Gasteiger partial charge in [-0.1, -0.05) is 23.7 Å². The molecule has 0 bridgehead atoms. The zero-order valence-electron chi connectivity index (χ0n) is 13.6. The lowest BCUT2D eigenvalue weighted by Gasteiger charge is -2.19. The highest BCUT2D eigenvalue weighted by molar-refractivity contribution is 6.33. The number of nitrogens with zero attached hydrogens (tertiary/aromatic N) is 1. The lowest BCUT2D eigenvalue weighted by Crippen LogP contribution is -2.26. The number of carbonyl (C=O) groups is 1. The van der Waals surface area contributed by atoms with Crippen molar-refractivity contribution in [3.63, 3.8) is 0 Å². The van der Waals surface area contributed by atoms with Crippen molar-refractivity contribution in [2.75, 3.05) is 11.9 Å². The van der Waals surface area contributed by atoms with Crippen LogP contribution in [0.15, 0.2) is 24.3 Å². The molecule has 1 aliphatic heterocycles. The van der Waals surface area contributed by atoms with E-state index in [-0.39, 0.29) is 28.0 Å². The molecule has 1 heterocycles. The number of carbonyl (C=O) groups excluding carboxylic acids is 1. The zero-order valence-corrected chi connectivity index (χ0v) is 14.3. The smallest absolute Gasteiger partial charge is 0.258 e. The first-order valence-electron chi connectivity index (χ1n) is 7.79. The molecular weight excluding hydrogens is 328 g/mol. The lowest BCUT2D eigenvalue weighted by molar-refractivity contribution is 0.0747. The number of benzene rings is 2. The van der Waals surface area contributed by atoms with Crippen LogP contribution in [0.1, 0.15) is 34.0 Å². The number of amides is 1. The Kier molecular flexibility index (Phi) is 4.28. The predicted octanol–water partition coefficient (Wildman–Crippen LogP) is 3.65. The molecule has 0 spiro atoms. The van der Waals surface area contributed by atoms with Gasteiger partial charge < -0.3 is 20.4 Å². The number of phenolic OH excluding ortho intramolecular Hbond substituents is 2. The van der Waals surface area contributed by atoms with Gasteiger partial charge in [0.15, 0.2) is 0 Å². The van der Waals surface area contributed by atoms with E-state index in [1.807, 2.05) is 25.1 Å². The summed E-state index contributed by atoms with van der Waals surface area (Å²) < 4.78 is 0. The van der Waals surface area contributed by atoms with Crippen molar-refractivity contribution >= 4 is 23.2 Å². The Morgan fingerprint density at radius 1 is 1.29 bits per heavy atom. The molecule has 0 aliphatic carbocycles. The maximum Gasteiger partial charge on any atom is 0.258 e. The Labute approximate surface area is 145 Å². The first-order chi connectivity index (χ1) is 11.4. The first kappa shape index (κ1) is 16.5. The van der Waals surface area contributed by atoms with Gasteiger partial charge >= 0.3 is 0 Å². The van der Waals surface area contributed by atoms with Crippen LogP contribution >= 0.6 is 11.6 Å². The highest BCUT2D eigenvalue weighted by Gasteiger charge is 2.29. The highest BCUT2D eigenvalue weighted by Crippen LogP contribution is 2.38. The molecule has 126 valence electrons. The topological polar surface area (TPSA) is 72.8 Å². The molecule has 2 aromatic rings. The monoisotopic (exact) mass is 346 g/mol. The number of phenols is 2. The van der Waals surface area contributed by atoms with Crippen molar-refractivity contribution in [1.29, 1.82) is 0 Å². The fourth-order valence-electron chi connectivity index (χ4n) is 3.11. The van der Waals surface area contributed by atoms with Crippen LogP contribution < -0.4 is 5.32 Å². The SMILES string of the molecule is CCNc1cccc2c1CN(C(=O)c1c(O)cc(O)c(Cl)c1C)C2. The normalized spacial score (nSPS) is 13.0. The minimum absolute atomic E-state index is 0.0844. The fraction of sp³-hybridized carbons (Fsp3) is 0.278. The summed E-state index contributed by atoms with van der Waals surface area (Å²) in [5.41, 5.74) is 3.71. The number of hydrogen-bond donors (Lipinski definition) is 3. The minimum atomic E-state index is -0.300. The maximum atomic E-state index is 12.9. The van der Waals surface area contributed by atoms with Crippen molar-refractivity contribution in [3.05, 3.63) is 51.5 Å². The van der Waals surface area contributed by atoms with Gasteiger partial charge in [-0.25, -0.2) is 0 Å². The molecule has 1 amide bonds. The molecule has 3 rings (SSSR count). The number of fused-ring (bicyclic) bond motifs is 1. The van der Waals surface area contributed by atoms with Crippen LogP contribution in [0.2, 0.25) is 5.02 Å². The van der Waals surface area contributed by atoms with Gasteiger partial charge in [-0.2, -0.15) is 0 Å². The summed E-state index contributed by atoms with van der Waals surface area (Å²) in [7, 11) is 0. The van der Waals surface area contributed by atoms with Crippen molar-refractivity contribution in [3.8, 4) is 11.5 Å². The Balaban J connectivity index is 1.94. The lowest BCUT2D eigenvalue weighted by atomic mass is 10.1. The number of hydrogen-bond acceptors (Lipinski definition) is 4. The number of aromatic hydroxyl groups is 2. The van der Waals surface area contributed by atoms with E-state index < -0.39 is 0 Å². The molecule has 0 aromatic heterocycles. The predicted molar refractivity (Wildman–Crippen MR) is 93.7 cm³/mol. The average molecular weight is 347 g/mol. The van der Waals surface area contributed by atoms with E-state index >= 15 is 0 Å². The maximum absolute atomic E-state index is 12.9. The van der Waals surface area contributed by atoms with Crippen molar-refractivity contribution in [2.24, 2.45) is 0 Å². The van der Waals surface area contributed by atoms with Crippen LogP contribution in [0.5, 0.6) is 11.5 Å². The fourth-order valence-corrected chi connectivity index (χ4v) is 3.26. The van der Waals surface area contributed by atoms with Gasteiger partial charge in [0.05, 0.1) is 10.6 Å². The summed E-state index contributed by atoms with van der Waals surface area (Å²) in [6.45, 7) is 5.39. The Morgan fingerprint density at radius 2 is 2.04 bits per heavy atom. The third-order valence-corrected chi connectivity index (χ3v) is 4.79. The molecular formula is C18H19ClN2O3. The van der Waals surface area contributed by atoms with Crippen LogP contribution in [0.25, 0.3) is 0 Å². The van der Waals surface area contributed by atoms with Gasteiger partial charge in [0.25, 0.3) is 5.91 Å². The van der Waals surface area contributed by atoms with E-state index in [1.165, 1.54) is 0 Å². The highest BCUT2D eigenvalue weighted by atomic mass is 35.5. The number of nitrogens with one attached hydrogen (secondary N) is 1. The summed E-state index contributed by atoms with van der Waals surface area (Å²) in [6.07, 6.45) is 0. The average Bonchev–Trinajstić information content (AvgIpc) is 2.98. The minimum Gasteiger partial charge on any atom is -0.507 e. The van der Waals surface area contributed by atoms with Crippen LogP contribution in [0, 0.1) is 6.92 Å². The summed E-state index contributed by atoms with van der Waals surface area (Å²) in [6, 6.07) is 7.07. The molecule has 0 unspecified atom stereocenters. The zero-order chi connectivity index (χ0) is 17.4. The molecule has 24 heavy (non-hydrogen) atoms. The summed E-state index contributed by atoms with van der Waals surface area (Å²) in [5, 5.41) is 23.2. The standard InChI is InChI=1S/C18H19ClN2O3/c1-3-20-13-6-4-5-11-8-21(9-12(11)13)18(24)16-10(2)17(19)15(23)7-14(16)22/h4-7,20,22-23H,3,8-9H2,1-2H3. The van der Waals surface area contributed by atoms with Gasteiger partial charge in [-0.05, 0) is 36.6 Å². The quantitative estimate of drug-likeness (QED) is 0.793. The van der Waals surface area contributed by atoms with Crippen molar-refractivity contribution in [2.45, 2.75) is 26.9 Å². The summed E-state index contributed by atoms with van der Waals surface area (Å²) in [5.74, 6) is -0.796. The van der Waals surface area contributed by atoms with Crippen molar-refractivity contribution in [1.82, 2.24) is 4.90 Å². The molecule has 0 atom stereocenters. The van der Waals surface area contributed by atoms with E-state index in [2.05, 4.69) is 5.32 Å². The molecule has 0 saturated carbocycles. The van der Waals surface area contributed by atoms with Gasteiger partial charge in [0, 0.05) is 31.4 Å². The molecule has 5 nitrogen and oxygen atoms in total. The molecule has 6 heteroatoms. The van der Waals surface area contributed by atoms with E-state index in [9.17, 15) is 15.0 Å². The number of anilines is 1. The van der Waals surface area contributed by atoms with Gasteiger partial charge in [-0.3, -0.25) is 4.79 Å². The van der Waals surface area contributed by atoms with Gasteiger partial charge in [0.2, 0.25) is 0 Å². The third-order valence-electron chi connectivity index (χ3n) is 4.31. The third kappa shape index (κ3) is 2.65. The van der Waals surface area contributed by atoms with Gasteiger partial charge in [-0.15, -0.1) is 0 Å². The Morgan fingerprint density at radius 3 is 2.75 bits per heavy atom. The molecule has 0 saturated heterocycles. The molecule has 2 aromatic carbocycles. The molecule has 0 radical (unpaired) electrons. The molecule has 0 fully saturated rings. The largest absolute Gasteiger partial charge is 0.507 e. The van der Waals surface area contributed by atoms with Crippen LogP contribution in [0.3, 0.4) is 0 Å². The van der Waals surface area contributed by atoms with E-state index in [0.29, 0.717) is 18.7 Å². The second-order valence-electron chi connectivity index (χ2n) is 5.86. The Hall–Kier alpha value is -2.40. The van der Waals surface area contributed by atoms with E-state index in [4.69, 9.17) is 11.6 Å². The second kappa shape index (κ2) is 6.24. The molecule has 1 aliphatic rings. The number of halogens is 1. The first-order valence-corrected chi connectivity index (χ1v) is 8.16. The Bertz CT molecular complexity index is 820. The van der Waals surface area contributed by atoms with E-state index in [0.717, 1.165) is 29.4 Å². The summed E-state index contributed by atoms with van der Waals surface area (Å²) in [4.78, 5) is 14.6. The van der Waals surface area contributed by atoms with E-state index in [1.54, 1.807) is 11.8 Å².